The second-order valence-corrected chi connectivity index (χ2v) is 6.57. The molecule has 0 unspecified atom stereocenters. The van der Waals surface area contributed by atoms with Crippen LogP contribution in [0.5, 0.6) is 0 Å². The predicted octanol–water partition coefficient (Wildman–Crippen LogP) is 3.66. The summed E-state index contributed by atoms with van der Waals surface area (Å²) in [6, 6.07) is 1.84. The van der Waals surface area contributed by atoms with E-state index in [0.29, 0.717) is 10.8 Å². The van der Waals surface area contributed by atoms with Gasteiger partial charge >= 0.3 is 0 Å². The molecule has 3 nitrogen and oxygen atoms in total. The number of amides is 1. The molecule has 0 atom stereocenters. The quantitative estimate of drug-likeness (QED) is 0.830. The summed E-state index contributed by atoms with van der Waals surface area (Å²) in [5.41, 5.74) is 1.63. The molecule has 1 heterocycles. The van der Waals surface area contributed by atoms with Crippen LogP contribution in [0.25, 0.3) is 0 Å². The summed E-state index contributed by atoms with van der Waals surface area (Å²) in [6.07, 6.45) is 1.68. The van der Waals surface area contributed by atoms with Gasteiger partial charge in [-0.2, -0.15) is 0 Å². The molecule has 0 bridgehead atoms. The average Bonchev–Trinajstić information content (AvgIpc) is 2.63. The van der Waals surface area contributed by atoms with Crippen LogP contribution < -0.4 is 5.32 Å². The minimum Gasteiger partial charge on any atom is -0.323 e. The molecule has 1 aliphatic carbocycles. The molecule has 2 rings (SSSR count). The van der Waals surface area contributed by atoms with Crippen molar-refractivity contribution in [3.8, 4) is 0 Å². The van der Waals surface area contributed by atoms with Crippen molar-refractivity contribution in [2.75, 3.05) is 5.32 Å². The Morgan fingerprint density at radius 3 is 2.39 bits per heavy atom. The summed E-state index contributed by atoms with van der Waals surface area (Å²) in [4.78, 5) is 16.3. The molecule has 0 radical (unpaired) electrons. The highest BCUT2D eigenvalue weighted by Crippen LogP contribution is 2.68. The topological polar surface area (TPSA) is 42.0 Å². The minimum atomic E-state index is 0.0154. The number of hydrogen-bond donors (Lipinski definition) is 1. The van der Waals surface area contributed by atoms with E-state index in [4.69, 9.17) is 11.6 Å². The van der Waals surface area contributed by atoms with Crippen LogP contribution in [-0.4, -0.2) is 10.9 Å². The summed E-state index contributed by atoms with van der Waals surface area (Å²) in [6.45, 7) is 10.4. The third-order valence-electron chi connectivity index (χ3n) is 4.52. The Morgan fingerprint density at radius 1 is 1.33 bits per heavy atom. The molecule has 18 heavy (non-hydrogen) atoms. The Labute approximate surface area is 113 Å². The SMILES string of the molecule is Cc1cnc(Cl)c(NC(=O)C2C(C)(C)C2(C)C)c1. The lowest BCUT2D eigenvalue weighted by atomic mass is 10.0. The maximum Gasteiger partial charge on any atom is 0.228 e. The number of nitrogens with one attached hydrogen (secondary N) is 1. The maximum atomic E-state index is 12.3. The van der Waals surface area contributed by atoms with Gasteiger partial charge in [0.15, 0.2) is 5.15 Å². The molecular weight excluding hydrogens is 248 g/mol. The van der Waals surface area contributed by atoms with Gasteiger partial charge in [0.1, 0.15) is 0 Å². The Hall–Kier alpha value is -1.09. The van der Waals surface area contributed by atoms with Gasteiger partial charge in [-0.25, -0.2) is 4.98 Å². The molecule has 1 amide bonds. The Bertz CT molecular complexity index is 495. The van der Waals surface area contributed by atoms with Crippen LogP contribution >= 0.6 is 11.6 Å². The summed E-state index contributed by atoms with van der Waals surface area (Å²) in [5.74, 6) is 0.0425. The molecule has 1 aromatic heterocycles. The molecule has 0 aliphatic heterocycles. The fraction of sp³-hybridized carbons (Fsp3) is 0.571. The van der Waals surface area contributed by atoms with Gasteiger partial charge in [-0.15, -0.1) is 0 Å². The zero-order valence-corrected chi connectivity index (χ0v) is 12.2. The molecule has 1 saturated carbocycles. The highest BCUT2D eigenvalue weighted by atomic mass is 35.5. The molecule has 1 aliphatic rings. The van der Waals surface area contributed by atoms with E-state index < -0.39 is 0 Å². The van der Waals surface area contributed by atoms with Crippen LogP contribution in [0.15, 0.2) is 12.3 Å². The van der Waals surface area contributed by atoms with Gasteiger partial charge in [-0.1, -0.05) is 39.3 Å². The number of carbonyl (C=O) groups excluding carboxylic acids is 1. The molecule has 1 fully saturated rings. The normalized spacial score (nSPS) is 20.6. The van der Waals surface area contributed by atoms with E-state index in [2.05, 4.69) is 38.0 Å². The smallest absolute Gasteiger partial charge is 0.228 e. The van der Waals surface area contributed by atoms with Crippen LogP contribution in [0.2, 0.25) is 5.15 Å². The fourth-order valence-electron chi connectivity index (χ4n) is 2.70. The third kappa shape index (κ3) is 1.91. The summed E-state index contributed by atoms with van der Waals surface area (Å²) >= 11 is 5.98. The number of carbonyl (C=O) groups is 1. The molecule has 0 spiro atoms. The number of hydrogen-bond acceptors (Lipinski definition) is 2. The van der Waals surface area contributed by atoms with Gasteiger partial charge < -0.3 is 5.32 Å². The van der Waals surface area contributed by atoms with Crippen molar-refractivity contribution in [2.45, 2.75) is 34.6 Å². The second-order valence-electron chi connectivity index (χ2n) is 6.22. The van der Waals surface area contributed by atoms with E-state index in [-0.39, 0.29) is 22.7 Å². The maximum absolute atomic E-state index is 12.3. The number of aromatic nitrogens is 1. The third-order valence-corrected chi connectivity index (χ3v) is 4.82. The number of pyridine rings is 1. The first kappa shape index (κ1) is 13.3. The van der Waals surface area contributed by atoms with E-state index in [1.54, 1.807) is 6.20 Å². The zero-order valence-electron chi connectivity index (χ0n) is 11.5. The van der Waals surface area contributed by atoms with Crippen molar-refractivity contribution in [3.63, 3.8) is 0 Å². The lowest BCUT2D eigenvalue weighted by Crippen LogP contribution is -2.18. The van der Waals surface area contributed by atoms with E-state index in [9.17, 15) is 4.79 Å². The van der Waals surface area contributed by atoms with Gasteiger partial charge in [0, 0.05) is 12.1 Å². The van der Waals surface area contributed by atoms with E-state index in [0.717, 1.165) is 5.56 Å². The Morgan fingerprint density at radius 2 is 1.89 bits per heavy atom. The number of nitrogens with zero attached hydrogens (tertiary/aromatic N) is 1. The van der Waals surface area contributed by atoms with Gasteiger partial charge in [0.05, 0.1) is 5.69 Å². The molecule has 98 valence electrons. The first-order valence-corrected chi connectivity index (χ1v) is 6.48. The average molecular weight is 267 g/mol. The second kappa shape index (κ2) is 3.95. The number of anilines is 1. The molecule has 1 aromatic rings. The van der Waals surface area contributed by atoms with Crippen molar-refractivity contribution in [1.82, 2.24) is 4.98 Å². The minimum absolute atomic E-state index is 0.0154. The van der Waals surface area contributed by atoms with Crippen molar-refractivity contribution < 1.29 is 4.79 Å². The zero-order chi connectivity index (χ0) is 13.7. The van der Waals surface area contributed by atoms with Crippen LogP contribution in [0, 0.1) is 23.7 Å². The van der Waals surface area contributed by atoms with Crippen LogP contribution in [0.4, 0.5) is 5.69 Å². The molecule has 4 heteroatoms. The first-order chi connectivity index (χ1) is 8.18. The highest BCUT2D eigenvalue weighted by molar-refractivity contribution is 6.32. The Kier molecular flexibility index (Phi) is 2.93. The summed E-state index contributed by atoms with van der Waals surface area (Å²) in [5, 5.41) is 3.23. The van der Waals surface area contributed by atoms with Crippen LogP contribution in [0.1, 0.15) is 33.3 Å². The largest absolute Gasteiger partial charge is 0.323 e. The van der Waals surface area contributed by atoms with Gasteiger partial charge in [0.2, 0.25) is 5.91 Å². The molecule has 1 N–H and O–H groups in total. The van der Waals surface area contributed by atoms with E-state index in [1.165, 1.54) is 0 Å². The summed E-state index contributed by atoms with van der Waals surface area (Å²) < 4.78 is 0. The fourth-order valence-corrected chi connectivity index (χ4v) is 2.85. The molecule has 0 aromatic carbocycles. The highest BCUT2D eigenvalue weighted by Gasteiger charge is 2.68. The lowest BCUT2D eigenvalue weighted by Gasteiger charge is -2.08. The van der Waals surface area contributed by atoms with Crippen molar-refractivity contribution in [3.05, 3.63) is 23.0 Å². The van der Waals surface area contributed by atoms with Crippen LogP contribution in [-0.2, 0) is 4.79 Å². The molecular formula is C14H19ClN2O. The van der Waals surface area contributed by atoms with Gasteiger partial charge in [-0.3, -0.25) is 4.79 Å². The summed E-state index contributed by atoms with van der Waals surface area (Å²) in [7, 11) is 0. The van der Waals surface area contributed by atoms with Crippen molar-refractivity contribution in [1.29, 1.82) is 0 Å². The van der Waals surface area contributed by atoms with Crippen LogP contribution in [0.3, 0.4) is 0 Å². The standard InChI is InChI=1S/C14H19ClN2O/c1-8-6-9(11(15)16-7-8)17-12(18)10-13(2,3)14(10,4)5/h6-7,10H,1-5H3,(H,17,18). The predicted molar refractivity (Wildman–Crippen MR) is 73.7 cm³/mol. The number of aryl methyl sites for hydroxylation is 1. The van der Waals surface area contributed by atoms with E-state index in [1.807, 2.05) is 13.0 Å². The van der Waals surface area contributed by atoms with Gasteiger partial charge in [0.25, 0.3) is 0 Å². The van der Waals surface area contributed by atoms with E-state index >= 15 is 0 Å². The molecule has 0 saturated heterocycles. The Balaban J connectivity index is 2.17. The van der Waals surface area contributed by atoms with Crippen molar-refractivity contribution in [2.24, 2.45) is 16.7 Å². The number of halogens is 1. The van der Waals surface area contributed by atoms with Crippen molar-refractivity contribution >= 4 is 23.2 Å². The first-order valence-electron chi connectivity index (χ1n) is 6.11. The lowest BCUT2D eigenvalue weighted by molar-refractivity contribution is -0.118. The monoisotopic (exact) mass is 266 g/mol. The van der Waals surface area contributed by atoms with Gasteiger partial charge in [-0.05, 0) is 29.4 Å². The number of rotatable bonds is 2.